The molecular formula is C16H23ClN2O5S2. The first-order valence-electron chi connectivity index (χ1n) is 8.37. The quantitative estimate of drug-likeness (QED) is 0.680. The summed E-state index contributed by atoms with van der Waals surface area (Å²) in [5, 5.41) is 2.88. The van der Waals surface area contributed by atoms with Gasteiger partial charge in [0.05, 0.1) is 4.34 Å². The lowest BCUT2D eigenvalue weighted by Gasteiger charge is -2.29. The number of halogens is 1. The molecule has 1 saturated carbocycles. The lowest BCUT2D eigenvalue weighted by molar-refractivity contribution is -0.148. The molecular weight excluding hydrogens is 400 g/mol. The van der Waals surface area contributed by atoms with Crippen LogP contribution in [-0.2, 0) is 24.3 Å². The molecule has 146 valence electrons. The lowest BCUT2D eigenvalue weighted by atomic mass is 9.86. The molecule has 1 aromatic rings. The molecule has 0 unspecified atom stereocenters. The summed E-state index contributed by atoms with van der Waals surface area (Å²) in [6.45, 7) is 1.19. The van der Waals surface area contributed by atoms with Gasteiger partial charge < -0.3 is 10.1 Å². The van der Waals surface area contributed by atoms with Crippen LogP contribution in [-0.4, -0.2) is 50.8 Å². The fraction of sp³-hybridized carbons (Fsp3) is 0.625. The molecule has 10 heteroatoms. The van der Waals surface area contributed by atoms with E-state index in [2.05, 4.69) is 12.2 Å². The van der Waals surface area contributed by atoms with E-state index in [0.29, 0.717) is 10.3 Å². The third kappa shape index (κ3) is 5.67. The maximum atomic E-state index is 12.3. The van der Waals surface area contributed by atoms with Gasteiger partial charge in [-0.25, -0.2) is 8.42 Å². The van der Waals surface area contributed by atoms with E-state index in [1.165, 1.54) is 25.6 Å². The summed E-state index contributed by atoms with van der Waals surface area (Å²) in [7, 11) is -2.54. The fourth-order valence-corrected chi connectivity index (χ4v) is 5.64. The standard InChI is InChI=1S/C16H23ClN2O5S2/c1-11-5-3-4-6-12(11)18-14(20)10-24-15(21)9-19(2)26(22,23)16-8-7-13(17)25-16/h7-8,11-12H,3-6,9-10H2,1-2H3,(H,18,20)/t11-,12+/m1/s1. The number of nitrogens with one attached hydrogen (secondary N) is 1. The van der Waals surface area contributed by atoms with Crippen molar-refractivity contribution in [1.29, 1.82) is 0 Å². The van der Waals surface area contributed by atoms with Gasteiger partial charge in [-0.05, 0) is 30.9 Å². The van der Waals surface area contributed by atoms with Gasteiger partial charge in [0.15, 0.2) is 6.61 Å². The van der Waals surface area contributed by atoms with E-state index in [1.807, 2.05) is 0 Å². The average Bonchev–Trinajstić information content (AvgIpc) is 3.02. The summed E-state index contributed by atoms with van der Waals surface area (Å²) in [6.07, 6.45) is 4.23. The molecule has 0 aliphatic heterocycles. The summed E-state index contributed by atoms with van der Waals surface area (Å²) in [5.41, 5.74) is 0. The Morgan fingerprint density at radius 3 is 2.65 bits per heavy atom. The number of nitrogens with zero attached hydrogens (tertiary/aromatic N) is 1. The highest BCUT2D eigenvalue weighted by molar-refractivity contribution is 7.91. The number of carbonyl (C=O) groups is 2. The number of rotatable bonds is 7. The smallest absolute Gasteiger partial charge is 0.321 e. The Balaban J connectivity index is 1.79. The van der Waals surface area contributed by atoms with Crippen LogP contribution in [0.3, 0.4) is 0 Å². The number of likely N-dealkylation sites (N-methyl/N-ethyl adjacent to an activating group) is 1. The van der Waals surface area contributed by atoms with E-state index in [1.54, 1.807) is 0 Å². The fourth-order valence-electron chi connectivity index (χ4n) is 2.83. The van der Waals surface area contributed by atoms with Crippen LogP contribution in [0.5, 0.6) is 0 Å². The van der Waals surface area contributed by atoms with Crippen LogP contribution >= 0.6 is 22.9 Å². The monoisotopic (exact) mass is 422 g/mol. The molecule has 7 nitrogen and oxygen atoms in total. The molecule has 0 aromatic carbocycles. The topological polar surface area (TPSA) is 92.8 Å². The molecule has 2 atom stereocenters. The highest BCUT2D eigenvalue weighted by Crippen LogP contribution is 2.27. The minimum atomic E-state index is -3.82. The van der Waals surface area contributed by atoms with Gasteiger partial charge in [-0.15, -0.1) is 11.3 Å². The van der Waals surface area contributed by atoms with Crippen LogP contribution in [0.4, 0.5) is 0 Å². The first-order valence-corrected chi connectivity index (χ1v) is 11.0. The number of amides is 1. The number of ether oxygens (including phenoxy) is 1. The zero-order valence-corrected chi connectivity index (χ0v) is 17.1. The molecule has 1 aliphatic rings. The van der Waals surface area contributed by atoms with E-state index in [-0.39, 0.29) is 16.2 Å². The molecule has 0 radical (unpaired) electrons. The lowest BCUT2D eigenvalue weighted by Crippen LogP contribution is -2.43. The van der Waals surface area contributed by atoms with Gasteiger partial charge in [0, 0.05) is 13.1 Å². The predicted molar refractivity (Wildman–Crippen MR) is 99.7 cm³/mol. The van der Waals surface area contributed by atoms with E-state index >= 15 is 0 Å². The largest absolute Gasteiger partial charge is 0.455 e. The second-order valence-corrected chi connectivity index (χ2v) is 10.4. The Bertz CT molecular complexity index is 750. The van der Waals surface area contributed by atoms with Crippen LogP contribution in [0, 0.1) is 5.92 Å². The van der Waals surface area contributed by atoms with Crippen molar-refractivity contribution in [2.24, 2.45) is 5.92 Å². The van der Waals surface area contributed by atoms with Crippen molar-refractivity contribution in [3.8, 4) is 0 Å². The predicted octanol–water partition coefficient (Wildman–Crippen LogP) is 2.26. The number of hydrogen-bond acceptors (Lipinski definition) is 6. The Labute approximate surface area is 162 Å². The van der Waals surface area contributed by atoms with Gasteiger partial charge in [0.25, 0.3) is 15.9 Å². The van der Waals surface area contributed by atoms with Crippen molar-refractivity contribution in [3.05, 3.63) is 16.5 Å². The molecule has 1 amide bonds. The first-order chi connectivity index (χ1) is 12.2. The Morgan fingerprint density at radius 2 is 2.04 bits per heavy atom. The molecule has 2 rings (SSSR count). The average molecular weight is 423 g/mol. The van der Waals surface area contributed by atoms with Gasteiger partial charge in [0.1, 0.15) is 10.8 Å². The Morgan fingerprint density at radius 1 is 1.35 bits per heavy atom. The van der Waals surface area contributed by atoms with E-state index in [4.69, 9.17) is 16.3 Å². The van der Waals surface area contributed by atoms with Crippen molar-refractivity contribution in [1.82, 2.24) is 9.62 Å². The van der Waals surface area contributed by atoms with E-state index in [0.717, 1.165) is 34.9 Å². The number of hydrogen-bond donors (Lipinski definition) is 1. The van der Waals surface area contributed by atoms with Crippen LogP contribution in [0.25, 0.3) is 0 Å². The summed E-state index contributed by atoms with van der Waals surface area (Å²) in [6, 6.07) is 2.95. The number of esters is 1. The maximum Gasteiger partial charge on any atom is 0.321 e. The first kappa shape index (κ1) is 21.1. The van der Waals surface area contributed by atoms with Crippen molar-refractivity contribution >= 4 is 44.8 Å². The van der Waals surface area contributed by atoms with Crippen LogP contribution in [0.1, 0.15) is 32.6 Å². The molecule has 1 aliphatic carbocycles. The molecule has 1 N–H and O–H groups in total. The van der Waals surface area contributed by atoms with Crippen molar-refractivity contribution < 1.29 is 22.7 Å². The van der Waals surface area contributed by atoms with Crippen molar-refractivity contribution in [2.45, 2.75) is 42.9 Å². The van der Waals surface area contributed by atoms with Crippen LogP contribution < -0.4 is 5.32 Å². The Kier molecular flexibility index (Phi) is 7.45. The van der Waals surface area contributed by atoms with E-state index in [9.17, 15) is 18.0 Å². The van der Waals surface area contributed by atoms with Crippen LogP contribution in [0.2, 0.25) is 4.34 Å². The summed E-state index contributed by atoms with van der Waals surface area (Å²) in [5.74, 6) is -0.754. The van der Waals surface area contributed by atoms with Gasteiger partial charge in [-0.3, -0.25) is 9.59 Å². The molecule has 1 aromatic heterocycles. The number of thiophene rings is 1. The molecule has 1 fully saturated rings. The maximum absolute atomic E-state index is 12.3. The summed E-state index contributed by atoms with van der Waals surface area (Å²) < 4.78 is 30.8. The zero-order chi connectivity index (χ0) is 19.3. The molecule has 26 heavy (non-hydrogen) atoms. The zero-order valence-electron chi connectivity index (χ0n) is 14.7. The highest BCUT2D eigenvalue weighted by atomic mass is 35.5. The SMILES string of the molecule is C[C@@H]1CCCC[C@@H]1NC(=O)COC(=O)CN(C)S(=O)(=O)c1ccc(Cl)s1. The van der Waals surface area contributed by atoms with Crippen molar-refractivity contribution in [2.75, 3.05) is 20.2 Å². The Hall–Kier alpha value is -1.16. The van der Waals surface area contributed by atoms with Gasteiger partial charge in [-0.1, -0.05) is 31.4 Å². The number of carbonyl (C=O) groups excluding carboxylic acids is 2. The minimum absolute atomic E-state index is 0.0434. The van der Waals surface area contributed by atoms with E-state index < -0.39 is 29.1 Å². The second-order valence-electron chi connectivity index (χ2n) is 6.42. The number of sulfonamides is 1. The second kappa shape index (κ2) is 9.16. The highest BCUT2D eigenvalue weighted by Gasteiger charge is 2.26. The molecule has 0 spiro atoms. The summed E-state index contributed by atoms with van der Waals surface area (Å²) in [4.78, 5) is 23.8. The molecule has 0 saturated heterocycles. The van der Waals surface area contributed by atoms with Gasteiger partial charge in [0.2, 0.25) is 0 Å². The third-order valence-corrected chi connectivity index (χ3v) is 7.89. The van der Waals surface area contributed by atoms with Gasteiger partial charge >= 0.3 is 5.97 Å². The molecule has 0 bridgehead atoms. The van der Waals surface area contributed by atoms with Crippen molar-refractivity contribution in [3.63, 3.8) is 0 Å². The molecule has 1 heterocycles. The normalized spacial score (nSPS) is 20.8. The van der Waals surface area contributed by atoms with Crippen LogP contribution in [0.15, 0.2) is 16.3 Å². The van der Waals surface area contributed by atoms with Gasteiger partial charge in [-0.2, -0.15) is 4.31 Å². The third-order valence-electron chi connectivity index (χ3n) is 4.39. The summed E-state index contributed by atoms with van der Waals surface area (Å²) >= 11 is 6.66. The minimum Gasteiger partial charge on any atom is -0.455 e.